The normalized spacial score (nSPS) is 39.5. The highest BCUT2D eigenvalue weighted by Gasteiger charge is 2.75. The number of ether oxygens (including phenoxy) is 2. The summed E-state index contributed by atoms with van der Waals surface area (Å²) in [5.41, 5.74) is 8.56. The first kappa shape index (κ1) is 28.8. The summed E-state index contributed by atoms with van der Waals surface area (Å²) in [4.78, 5) is 26.0. The van der Waals surface area contributed by atoms with E-state index in [2.05, 4.69) is 38.1 Å². The largest absolute Gasteiger partial charge is 0.393 e. The van der Waals surface area contributed by atoms with Crippen molar-refractivity contribution in [2.75, 3.05) is 6.61 Å². The average Bonchev–Trinajstić information content (AvgIpc) is 3.50. The summed E-state index contributed by atoms with van der Waals surface area (Å²) < 4.78 is 13.4. The zero-order chi connectivity index (χ0) is 30.1. The maximum atomic E-state index is 13.8. The molecule has 0 bridgehead atoms. The zero-order valence-electron chi connectivity index (χ0n) is 24.9. The number of benzene rings is 2. The van der Waals surface area contributed by atoms with Crippen LogP contribution in [-0.4, -0.2) is 46.2 Å². The highest BCUT2D eigenvalue weighted by Crippen LogP contribution is 2.70. The molecule has 43 heavy (non-hydrogen) atoms. The van der Waals surface area contributed by atoms with Crippen LogP contribution in [0.3, 0.4) is 0 Å². The smallest absolute Gasteiger partial charge is 0.193 e. The van der Waals surface area contributed by atoms with Gasteiger partial charge >= 0.3 is 0 Å². The molecule has 1 heterocycles. The Labute approximate surface area is 252 Å². The Morgan fingerprint density at radius 1 is 1.09 bits per heavy atom. The summed E-state index contributed by atoms with van der Waals surface area (Å²) in [6, 6.07) is 16.3. The number of carbonyl (C=O) groups excluding carboxylic acids is 2. The molecular weight excluding hydrogens is 542 g/mol. The minimum Gasteiger partial charge on any atom is -0.393 e. The second-order valence-corrected chi connectivity index (χ2v) is 13.8. The highest BCUT2D eigenvalue weighted by atomic mass is 16.7. The molecule has 0 radical (unpaired) electrons. The van der Waals surface area contributed by atoms with Gasteiger partial charge < -0.3 is 25.4 Å². The van der Waals surface area contributed by atoms with E-state index in [0.29, 0.717) is 19.4 Å². The Morgan fingerprint density at radius 3 is 2.60 bits per heavy atom. The molecule has 4 aliphatic carbocycles. The van der Waals surface area contributed by atoms with Crippen molar-refractivity contribution in [2.45, 2.75) is 76.6 Å². The predicted octanol–water partition coefficient (Wildman–Crippen LogP) is 4.34. The summed E-state index contributed by atoms with van der Waals surface area (Å²) in [6.07, 6.45) is 6.72. The average molecular weight is 584 g/mol. The van der Waals surface area contributed by atoms with Gasteiger partial charge in [-0.25, -0.2) is 0 Å². The van der Waals surface area contributed by atoms with Crippen molar-refractivity contribution in [3.63, 3.8) is 0 Å². The van der Waals surface area contributed by atoms with Crippen molar-refractivity contribution in [2.24, 2.45) is 34.3 Å². The molecule has 5 aliphatic rings. The predicted molar refractivity (Wildman–Crippen MR) is 160 cm³/mol. The van der Waals surface area contributed by atoms with Crippen LogP contribution in [0.15, 0.2) is 72.3 Å². The Kier molecular flexibility index (Phi) is 6.91. The summed E-state index contributed by atoms with van der Waals surface area (Å²) in [6.45, 7) is 4.06. The van der Waals surface area contributed by atoms with E-state index < -0.39 is 41.5 Å². The summed E-state index contributed by atoms with van der Waals surface area (Å²) in [5.74, 6) is -0.249. The summed E-state index contributed by atoms with van der Waals surface area (Å²) in [7, 11) is 0. The molecule has 226 valence electrons. The van der Waals surface area contributed by atoms with Crippen molar-refractivity contribution >= 4 is 11.6 Å². The molecule has 1 aliphatic heterocycles. The molecule has 4 N–H and O–H groups in total. The number of nitrogens with two attached hydrogens (primary N) is 1. The van der Waals surface area contributed by atoms with Crippen molar-refractivity contribution in [1.29, 1.82) is 0 Å². The van der Waals surface area contributed by atoms with Gasteiger partial charge in [-0.15, -0.1) is 0 Å². The molecule has 9 atom stereocenters. The fraction of sp³-hybridized carbons (Fsp3) is 0.500. The second kappa shape index (κ2) is 10.3. The lowest BCUT2D eigenvalue weighted by Crippen LogP contribution is -2.63. The van der Waals surface area contributed by atoms with Gasteiger partial charge in [0.2, 0.25) is 0 Å². The topological polar surface area (TPSA) is 119 Å². The highest BCUT2D eigenvalue weighted by molar-refractivity contribution is 6.01. The van der Waals surface area contributed by atoms with E-state index in [1.54, 1.807) is 12.2 Å². The third-order valence-electron chi connectivity index (χ3n) is 11.7. The van der Waals surface area contributed by atoms with Gasteiger partial charge in [-0.3, -0.25) is 9.59 Å². The Bertz CT molecular complexity index is 1510. The van der Waals surface area contributed by atoms with Crippen molar-refractivity contribution < 1.29 is 29.3 Å². The molecule has 0 amide bonds. The van der Waals surface area contributed by atoms with E-state index in [1.807, 2.05) is 30.3 Å². The van der Waals surface area contributed by atoms with Gasteiger partial charge in [0, 0.05) is 28.9 Å². The number of rotatable bonds is 6. The van der Waals surface area contributed by atoms with Crippen LogP contribution < -0.4 is 5.73 Å². The van der Waals surface area contributed by atoms with Crippen LogP contribution in [0.2, 0.25) is 0 Å². The van der Waals surface area contributed by atoms with Gasteiger partial charge in [-0.05, 0) is 72.8 Å². The summed E-state index contributed by atoms with van der Waals surface area (Å²) in [5, 5.41) is 22.1. The lowest BCUT2D eigenvalue weighted by molar-refractivity contribution is -0.201. The van der Waals surface area contributed by atoms with E-state index in [1.165, 1.54) is 5.56 Å². The first-order valence-corrected chi connectivity index (χ1v) is 15.6. The van der Waals surface area contributed by atoms with Crippen LogP contribution in [0.25, 0.3) is 0 Å². The number of allylic oxidation sites excluding steroid dienone is 4. The number of hydrogen-bond acceptors (Lipinski definition) is 7. The molecule has 2 aromatic carbocycles. The summed E-state index contributed by atoms with van der Waals surface area (Å²) >= 11 is 0. The minimum absolute atomic E-state index is 0.00497. The third kappa shape index (κ3) is 4.20. The lowest BCUT2D eigenvalue weighted by atomic mass is 9.46. The number of Topliss-reactive ketones (excluding diaryl/α,β-unsaturated/α-hetero) is 1. The van der Waals surface area contributed by atoms with E-state index in [9.17, 15) is 19.8 Å². The van der Waals surface area contributed by atoms with Gasteiger partial charge in [-0.1, -0.05) is 74.0 Å². The van der Waals surface area contributed by atoms with E-state index in [-0.39, 0.29) is 29.3 Å². The van der Waals surface area contributed by atoms with Crippen LogP contribution in [0.4, 0.5) is 0 Å². The molecule has 7 nitrogen and oxygen atoms in total. The molecule has 0 unspecified atom stereocenters. The third-order valence-corrected chi connectivity index (χ3v) is 11.7. The lowest BCUT2D eigenvalue weighted by Gasteiger charge is -2.59. The first-order chi connectivity index (χ1) is 20.6. The number of aliphatic hydroxyl groups excluding tert-OH is 2. The van der Waals surface area contributed by atoms with E-state index in [4.69, 9.17) is 15.2 Å². The second-order valence-electron chi connectivity index (χ2n) is 13.8. The van der Waals surface area contributed by atoms with Crippen molar-refractivity contribution in [3.8, 4) is 0 Å². The molecular formula is C36H41NO6. The molecule has 0 aromatic heterocycles. The van der Waals surface area contributed by atoms with Gasteiger partial charge in [0.05, 0.1) is 12.2 Å². The number of fused-ring (bicyclic) bond motifs is 7. The SMILES string of the molecule is C[C@]12C=CC(=O)C=C1CC[C@@H]1[C@@H]2[C@@H](O)C[C@@]2(C)[C@H]1C[C@H]1O[C@@H](c3cccc(Cc4ccc(CN)cc4)c3)O[C@]12C(=O)CO. The number of hydrogen-bond donors (Lipinski definition) is 3. The minimum atomic E-state index is -1.35. The van der Waals surface area contributed by atoms with E-state index in [0.717, 1.165) is 41.5 Å². The van der Waals surface area contributed by atoms with Crippen LogP contribution in [0.1, 0.15) is 68.1 Å². The Morgan fingerprint density at radius 2 is 1.86 bits per heavy atom. The molecule has 1 saturated heterocycles. The molecule has 7 rings (SSSR count). The molecule has 3 saturated carbocycles. The number of ketones is 2. The van der Waals surface area contributed by atoms with E-state index >= 15 is 0 Å². The quantitative estimate of drug-likeness (QED) is 0.463. The molecule has 0 spiro atoms. The first-order valence-electron chi connectivity index (χ1n) is 15.6. The molecule has 2 aromatic rings. The maximum Gasteiger partial charge on any atom is 0.193 e. The molecule has 7 heteroatoms. The van der Waals surface area contributed by atoms with Gasteiger partial charge in [0.15, 0.2) is 23.5 Å². The van der Waals surface area contributed by atoms with Crippen LogP contribution in [0.5, 0.6) is 0 Å². The van der Waals surface area contributed by atoms with Gasteiger partial charge in [0.25, 0.3) is 0 Å². The van der Waals surface area contributed by atoms with Crippen molar-refractivity contribution in [1.82, 2.24) is 0 Å². The fourth-order valence-electron chi connectivity index (χ4n) is 9.71. The van der Waals surface area contributed by atoms with Crippen LogP contribution in [-0.2, 0) is 32.0 Å². The Hall–Kier alpha value is -2.94. The number of aliphatic hydroxyl groups is 2. The molecule has 4 fully saturated rings. The maximum absolute atomic E-state index is 13.8. The standard InChI is InChI=1S/C36H41NO6/c1-34-13-12-26(39)16-25(34)10-11-27-28-17-31-36(30(41)20-38,35(28,2)18-29(40)32(27)34)43-33(42-31)24-5-3-4-23(15-24)14-21-6-8-22(19-37)9-7-21/h3-9,12-13,15-16,27-29,31-33,38,40H,10-11,14,17-20,37H2,1-2H3/t27-,28-,29-,31+,32+,33+,34-,35-,36+/m0/s1. The fourth-order valence-corrected chi connectivity index (χ4v) is 9.71. The van der Waals surface area contributed by atoms with Crippen LogP contribution in [0, 0.1) is 28.6 Å². The monoisotopic (exact) mass is 583 g/mol. The van der Waals surface area contributed by atoms with Gasteiger partial charge in [0.1, 0.15) is 6.61 Å². The van der Waals surface area contributed by atoms with Gasteiger partial charge in [-0.2, -0.15) is 0 Å². The van der Waals surface area contributed by atoms with Crippen molar-refractivity contribution in [3.05, 3.63) is 94.6 Å². The Balaban J connectivity index is 1.19. The van der Waals surface area contributed by atoms with Crippen LogP contribution >= 0.6 is 0 Å². The number of carbonyl (C=O) groups is 2. The zero-order valence-corrected chi connectivity index (χ0v) is 24.9.